The third kappa shape index (κ3) is 6.83. The number of hydrogen-bond acceptors (Lipinski definition) is 6. The van der Waals surface area contributed by atoms with Crippen molar-refractivity contribution in [1.82, 2.24) is 16.0 Å². The highest BCUT2D eigenvalue weighted by Crippen LogP contribution is 2.44. The van der Waals surface area contributed by atoms with E-state index in [0.29, 0.717) is 0 Å². The summed E-state index contributed by atoms with van der Waals surface area (Å²) in [5, 5.41) is 16.3. The van der Waals surface area contributed by atoms with E-state index in [-0.39, 0.29) is 32.2 Å². The number of aliphatic carboxylic acids is 1. The van der Waals surface area contributed by atoms with Crippen molar-refractivity contribution in [1.29, 1.82) is 0 Å². The van der Waals surface area contributed by atoms with Crippen molar-refractivity contribution in [3.63, 3.8) is 0 Å². The number of rotatable bonds is 11. The Bertz CT molecular complexity index is 1060. The van der Waals surface area contributed by atoms with Crippen LogP contribution in [0, 0.1) is 0 Å². The van der Waals surface area contributed by atoms with Gasteiger partial charge in [-0.05, 0) is 22.3 Å². The highest BCUT2D eigenvalue weighted by atomic mass is 16.6. The lowest BCUT2D eigenvalue weighted by Gasteiger charge is -2.18. The zero-order chi connectivity index (χ0) is 25.2. The van der Waals surface area contributed by atoms with Crippen LogP contribution >= 0.6 is 0 Å². The molecule has 0 aromatic heterocycles. The monoisotopic (exact) mass is 481 g/mol. The van der Waals surface area contributed by atoms with Gasteiger partial charge in [-0.1, -0.05) is 61.2 Å². The minimum atomic E-state index is -1.35. The average Bonchev–Trinajstić information content (AvgIpc) is 3.17. The molecule has 1 aliphatic rings. The topological polar surface area (TPSA) is 143 Å². The Morgan fingerprint density at radius 1 is 0.914 bits per heavy atom. The lowest BCUT2D eigenvalue weighted by Crippen LogP contribution is -2.49. The van der Waals surface area contributed by atoms with E-state index in [4.69, 9.17) is 14.6 Å². The first kappa shape index (κ1) is 25.3. The van der Waals surface area contributed by atoms with E-state index in [0.717, 1.165) is 22.3 Å². The van der Waals surface area contributed by atoms with Crippen molar-refractivity contribution in [3.05, 3.63) is 72.3 Å². The summed E-state index contributed by atoms with van der Waals surface area (Å²) in [4.78, 5) is 47.4. The number of fused-ring (bicyclic) bond motifs is 3. The summed E-state index contributed by atoms with van der Waals surface area (Å²) in [5.41, 5.74) is 4.20. The van der Waals surface area contributed by atoms with Crippen molar-refractivity contribution in [2.24, 2.45) is 0 Å². The van der Waals surface area contributed by atoms with E-state index >= 15 is 0 Å². The maximum atomic E-state index is 12.5. The van der Waals surface area contributed by atoms with Crippen molar-refractivity contribution in [3.8, 4) is 11.1 Å². The number of benzene rings is 2. The van der Waals surface area contributed by atoms with Gasteiger partial charge in [-0.15, -0.1) is 0 Å². The molecule has 1 atom stereocenters. The normalized spacial score (nSPS) is 12.5. The standard InChI is InChI=1S/C25H27N3O7/c1-2-13-34-24(32)27-12-11-26-23(31)21(14-22(29)30)28-25(33)35-15-20-18-9-5-3-7-16(18)17-8-4-6-10-19(17)20/h2-10,20-21H,1,11-15H2,(H,26,31)(H,27,32)(H,28,33)(H,29,30)/t21-/m1/s1. The number of nitrogens with one attached hydrogen (secondary N) is 3. The van der Waals surface area contributed by atoms with Gasteiger partial charge in [0.25, 0.3) is 0 Å². The summed E-state index contributed by atoms with van der Waals surface area (Å²) in [6.07, 6.45) is -0.810. The van der Waals surface area contributed by atoms with Crippen LogP contribution in [0.2, 0.25) is 0 Å². The number of hydrogen-bond donors (Lipinski definition) is 4. The first-order valence-corrected chi connectivity index (χ1v) is 11.0. The van der Waals surface area contributed by atoms with Gasteiger partial charge < -0.3 is 30.5 Å². The SMILES string of the molecule is C=CCOC(=O)NCCNC(=O)[C@@H](CC(=O)O)NC(=O)OCC1c2ccccc2-c2ccccc21. The van der Waals surface area contributed by atoms with Crippen molar-refractivity contribution >= 4 is 24.1 Å². The highest BCUT2D eigenvalue weighted by Gasteiger charge is 2.30. The molecule has 0 fully saturated rings. The average molecular weight is 482 g/mol. The number of carboxylic acid groups (broad SMARTS) is 1. The van der Waals surface area contributed by atoms with E-state index in [1.54, 1.807) is 0 Å². The fourth-order valence-electron chi connectivity index (χ4n) is 3.83. The van der Waals surface area contributed by atoms with E-state index in [1.165, 1.54) is 6.08 Å². The van der Waals surface area contributed by atoms with Crippen LogP contribution < -0.4 is 16.0 Å². The Kier molecular flexibility index (Phi) is 8.82. The molecule has 0 saturated carbocycles. The van der Waals surface area contributed by atoms with Gasteiger partial charge in [0.15, 0.2) is 0 Å². The summed E-state index contributed by atoms with van der Waals surface area (Å²) in [6, 6.07) is 14.3. The van der Waals surface area contributed by atoms with Crippen molar-refractivity contribution in [2.45, 2.75) is 18.4 Å². The fraction of sp³-hybridized carbons (Fsp3) is 0.280. The third-order valence-electron chi connectivity index (χ3n) is 5.36. The second kappa shape index (κ2) is 12.2. The Hall–Kier alpha value is -4.34. The molecule has 2 aromatic carbocycles. The van der Waals surface area contributed by atoms with Crippen molar-refractivity contribution < 1.29 is 33.8 Å². The second-order valence-electron chi connectivity index (χ2n) is 7.73. The first-order chi connectivity index (χ1) is 16.9. The molecule has 184 valence electrons. The van der Waals surface area contributed by atoms with E-state index in [1.807, 2.05) is 48.5 Å². The predicted molar refractivity (Wildman–Crippen MR) is 127 cm³/mol. The lowest BCUT2D eigenvalue weighted by atomic mass is 9.98. The fourth-order valence-corrected chi connectivity index (χ4v) is 3.83. The zero-order valence-electron chi connectivity index (χ0n) is 19.0. The molecule has 0 saturated heterocycles. The van der Waals surface area contributed by atoms with Gasteiger partial charge in [-0.3, -0.25) is 9.59 Å². The molecular weight excluding hydrogens is 454 g/mol. The molecule has 0 bridgehead atoms. The first-order valence-electron chi connectivity index (χ1n) is 11.0. The maximum Gasteiger partial charge on any atom is 0.407 e. The third-order valence-corrected chi connectivity index (χ3v) is 5.36. The van der Waals surface area contributed by atoms with Crippen LogP contribution in [0.15, 0.2) is 61.2 Å². The number of carbonyl (C=O) groups excluding carboxylic acids is 3. The molecule has 1 aliphatic carbocycles. The summed E-state index contributed by atoms with van der Waals surface area (Å²) in [7, 11) is 0. The molecule has 2 aromatic rings. The molecule has 35 heavy (non-hydrogen) atoms. The van der Waals surface area contributed by atoms with Crippen LogP contribution in [0.25, 0.3) is 11.1 Å². The van der Waals surface area contributed by atoms with Crippen LogP contribution in [0.4, 0.5) is 9.59 Å². The van der Waals surface area contributed by atoms with Crippen LogP contribution in [0.3, 0.4) is 0 Å². The summed E-state index contributed by atoms with van der Waals surface area (Å²) < 4.78 is 10.1. The molecule has 3 rings (SSSR count). The van der Waals surface area contributed by atoms with Gasteiger partial charge >= 0.3 is 18.2 Å². The molecule has 10 heteroatoms. The Morgan fingerprint density at radius 3 is 2.11 bits per heavy atom. The predicted octanol–water partition coefficient (Wildman–Crippen LogP) is 2.40. The summed E-state index contributed by atoms with van der Waals surface area (Å²) in [5.74, 6) is -2.16. The minimum absolute atomic E-state index is 0.00448. The second-order valence-corrected chi connectivity index (χ2v) is 7.73. The molecular formula is C25H27N3O7. The molecule has 0 heterocycles. The molecule has 10 nitrogen and oxygen atoms in total. The molecule has 0 spiro atoms. The molecule has 0 unspecified atom stereocenters. The van der Waals surface area contributed by atoms with Crippen LogP contribution in [0.5, 0.6) is 0 Å². The van der Waals surface area contributed by atoms with E-state index < -0.39 is 36.5 Å². The van der Waals surface area contributed by atoms with Gasteiger partial charge in [0.2, 0.25) is 5.91 Å². The molecule has 0 aliphatic heterocycles. The number of amides is 3. The quantitative estimate of drug-likeness (QED) is 0.285. The van der Waals surface area contributed by atoms with E-state index in [2.05, 4.69) is 22.5 Å². The number of alkyl carbamates (subject to hydrolysis) is 2. The number of ether oxygens (including phenoxy) is 2. The largest absolute Gasteiger partial charge is 0.481 e. The zero-order valence-corrected chi connectivity index (χ0v) is 19.0. The summed E-state index contributed by atoms with van der Waals surface area (Å²) >= 11 is 0. The van der Waals surface area contributed by atoms with Crippen molar-refractivity contribution in [2.75, 3.05) is 26.3 Å². The van der Waals surface area contributed by atoms with Gasteiger partial charge in [-0.25, -0.2) is 9.59 Å². The smallest absolute Gasteiger partial charge is 0.407 e. The van der Waals surface area contributed by atoms with Gasteiger partial charge in [-0.2, -0.15) is 0 Å². The Balaban J connectivity index is 1.53. The molecule has 4 N–H and O–H groups in total. The minimum Gasteiger partial charge on any atom is -0.481 e. The summed E-state index contributed by atoms with van der Waals surface area (Å²) in [6.45, 7) is 3.54. The van der Waals surface area contributed by atoms with Gasteiger partial charge in [0.05, 0.1) is 6.42 Å². The highest BCUT2D eigenvalue weighted by molar-refractivity contribution is 5.89. The van der Waals surface area contributed by atoms with Crippen LogP contribution in [-0.4, -0.2) is 61.5 Å². The lowest BCUT2D eigenvalue weighted by molar-refractivity contribution is -0.139. The van der Waals surface area contributed by atoms with E-state index in [9.17, 15) is 19.2 Å². The van der Waals surface area contributed by atoms with Gasteiger partial charge in [0.1, 0.15) is 19.3 Å². The molecule has 3 amide bonds. The van der Waals surface area contributed by atoms with Crippen LogP contribution in [-0.2, 0) is 19.1 Å². The maximum absolute atomic E-state index is 12.5. The Labute approximate surface area is 202 Å². The molecule has 0 radical (unpaired) electrons. The number of carboxylic acids is 1. The Morgan fingerprint density at radius 2 is 1.51 bits per heavy atom. The number of carbonyl (C=O) groups is 4. The van der Waals surface area contributed by atoms with Crippen LogP contribution in [0.1, 0.15) is 23.5 Å². The van der Waals surface area contributed by atoms with Gasteiger partial charge in [0, 0.05) is 19.0 Å².